The Kier molecular flexibility index (Phi) is 5.05. The van der Waals surface area contributed by atoms with Gasteiger partial charge < -0.3 is 0 Å². The summed E-state index contributed by atoms with van der Waals surface area (Å²) in [4.78, 5) is 11.6. The van der Waals surface area contributed by atoms with Crippen LogP contribution >= 0.6 is 46.1 Å². The molecule has 1 aromatic carbocycles. The SMILES string of the molecule is Cc1sc(/C=N\Nc2c(Cl)cc(Cl)cc2Cl)cc1[N+](=O)[O-]. The first-order valence-corrected chi connectivity index (χ1v) is 7.52. The van der Waals surface area contributed by atoms with E-state index in [1.807, 2.05) is 0 Å². The summed E-state index contributed by atoms with van der Waals surface area (Å²) in [6.07, 6.45) is 1.46. The lowest BCUT2D eigenvalue weighted by molar-refractivity contribution is -0.385. The predicted molar refractivity (Wildman–Crippen MR) is 88.4 cm³/mol. The summed E-state index contributed by atoms with van der Waals surface area (Å²) in [6, 6.07) is 4.52. The first kappa shape index (κ1) is 16.0. The van der Waals surface area contributed by atoms with Crippen molar-refractivity contribution in [1.82, 2.24) is 0 Å². The lowest BCUT2D eigenvalue weighted by Crippen LogP contribution is -1.92. The van der Waals surface area contributed by atoms with Crippen molar-refractivity contribution in [1.29, 1.82) is 0 Å². The van der Waals surface area contributed by atoms with Crippen LogP contribution in [0.2, 0.25) is 15.1 Å². The Balaban J connectivity index is 2.16. The van der Waals surface area contributed by atoms with Gasteiger partial charge in [-0.15, -0.1) is 11.3 Å². The number of rotatable bonds is 4. The van der Waals surface area contributed by atoms with Crippen LogP contribution in [0.25, 0.3) is 0 Å². The number of nitrogens with zero attached hydrogens (tertiary/aromatic N) is 2. The van der Waals surface area contributed by atoms with Crippen LogP contribution < -0.4 is 5.43 Å². The van der Waals surface area contributed by atoms with Gasteiger partial charge in [-0.05, 0) is 19.1 Å². The number of nitro groups is 1. The quantitative estimate of drug-likeness (QED) is 0.450. The Morgan fingerprint density at radius 1 is 1.29 bits per heavy atom. The second-order valence-electron chi connectivity index (χ2n) is 3.96. The molecular formula is C12H8Cl3N3O2S. The fraction of sp³-hybridized carbons (Fsp3) is 0.0833. The number of benzene rings is 1. The molecule has 0 fully saturated rings. The molecule has 1 aromatic heterocycles. The van der Waals surface area contributed by atoms with E-state index in [0.29, 0.717) is 30.5 Å². The van der Waals surface area contributed by atoms with Crippen LogP contribution in [0.4, 0.5) is 11.4 Å². The van der Waals surface area contributed by atoms with Crippen LogP contribution in [0.15, 0.2) is 23.3 Å². The number of hydrogen-bond donors (Lipinski definition) is 1. The first-order valence-electron chi connectivity index (χ1n) is 5.57. The van der Waals surface area contributed by atoms with E-state index in [0.717, 1.165) is 0 Å². The van der Waals surface area contributed by atoms with Crippen LogP contribution in [0.5, 0.6) is 0 Å². The number of hydrazone groups is 1. The standard InChI is InChI=1S/C12H8Cl3N3O2S/c1-6-11(18(19)20)4-8(21-6)5-16-17-12-9(14)2-7(13)3-10(12)15/h2-5,17H,1H3/b16-5-. The largest absolute Gasteiger partial charge is 0.283 e. The molecule has 5 nitrogen and oxygen atoms in total. The van der Waals surface area contributed by atoms with Crippen molar-refractivity contribution in [3.8, 4) is 0 Å². The fourth-order valence-corrected chi connectivity index (χ4v) is 3.32. The average molecular weight is 365 g/mol. The highest BCUT2D eigenvalue weighted by Crippen LogP contribution is 2.33. The summed E-state index contributed by atoms with van der Waals surface area (Å²) < 4.78 is 0. The molecule has 0 unspecified atom stereocenters. The van der Waals surface area contributed by atoms with Crippen molar-refractivity contribution >= 4 is 63.7 Å². The lowest BCUT2D eigenvalue weighted by atomic mass is 10.3. The maximum atomic E-state index is 10.8. The Bertz CT molecular complexity index is 708. The third-order valence-corrected chi connectivity index (χ3v) is 4.27. The highest BCUT2D eigenvalue weighted by molar-refractivity contribution is 7.14. The summed E-state index contributed by atoms with van der Waals surface area (Å²) in [5, 5.41) is 15.8. The third kappa shape index (κ3) is 3.85. The van der Waals surface area contributed by atoms with Crippen LogP contribution in [-0.4, -0.2) is 11.1 Å². The number of thiophene rings is 1. The molecule has 0 radical (unpaired) electrons. The van der Waals surface area contributed by atoms with Crippen molar-refractivity contribution in [3.63, 3.8) is 0 Å². The number of halogens is 3. The van der Waals surface area contributed by atoms with Crippen molar-refractivity contribution in [3.05, 3.63) is 53.1 Å². The van der Waals surface area contributed by atoms with Gasteiger partial charge in [-0.1, -0.05) is 34.8 Å². The third-order valence-electron chi connectivity index (χ3n) is 2.48. The Labute approximate surface area is 139 Å². The maximum absolute atomic E-state index is 10.8. The van der Waals surface area contributed by atoms with Crippen LogP contribution in [0, 0.1) is 17.0 Å². The minimum absolute atomic E-state index is 0.0732. The topological polar surface area (TPSA) is 67.5 Å². The van der Waals surface area contributed by atoms with Gasteiger partial charge in [0.15, 0.2) is 0 Å². The van der Waals surface area contributed by atoms with E-state index in [4.69, 9.17) is 34.8 Å². The summed E-state index contributed by atoms with van der Waals surface area (Å²) in [5.74, 6) is 0. The van der Waals surface area contributed by atoms with Gasteiger partial charge in [-0.25, -0.2) is 0 Å². The zero-order valence-electron chi connectivity index (χ0n) is 10.6. The number of anilines is 1. The molecule has 0 spiro atoms. The van der Waals surface area contributed by atoms with Crippen molar-refractivity contribution in [2.45, 2.75) is 6.92 Å². The van der Waals surface area contributed by atoms with Crippen molar-refractivity contribution in [2.75, 3.05) is 5.43 Å². The second kappa shape index (κ2) is 6.62. The minimum atomic E-state index is -0.427. The smallest absolute Gasteiger partial charge is 0.275 e. The Morgan fingerprint density at radius 2 is 1.90 bits per heavy atom. The monoisotopic (exact) mass is 363 g/mol. The van der Waals surface area contributed by atoms with E-state index in [9.17, 15) is 10.1 Å². The zero-order chi connectivity index (χ0) is 15.6. The number of hydrogen-bond acceptors (Lipinski definition) is 5. The van der Waals surface area contributed by atoms with E-state index in [2.05, 4.69) is 10.5 Å². The molecule has 2 aromatic rings. The van der Waals surface area contributed by atoms with E-state index in [1.54, 1.807) is 6.92 Å². The van der Waals surface area contributed by atoms with Crippen LogP contribution in [-0.2, 0) is 0 Å². The highest BCUT2D eigenvalue weighted by atomic mass is 35.5. The van der Waals surface area contributed by atoms with Crippen molar-refractivity contribution < 1.29 is 4.92 Å². The molecule has 1 heterocycles. The second-order valence-corrected chi connectivity index (χ2v) is 6.50. The van der Waals surface area contributed by atoms with Gasteiger partial charge in [0.25, 0.3) is 5.69 Å². The molecule has 0 atom stereocenters. The summed E-state index contributed by atoms with van der Waals surface area (Å²) in [7, 11) is 0. The number of aryl methyl sites for hydroxylation is 1. The van der Waals surface area contributed by atoms with Gasteiger partial charge >= 0.3 is 0 Å². The predicted octanol–water partition coefficient (Wildman–Crippen LogP) is 5.37. The molecule has 0 aliphatic heterocycles. The fourth-order valence-electron chi connectivity index (χ4n) is 1.55. The van der Waals surface area contributed by atoms with Gasteiger partial charge in [0.05, 0.1) is 36.6 Å². The van der Waals surface area contributed by atoms with Crippen molar-refractivity contribution in [2.24, 2.45) is 5.10 Å². The van der Waals surface area contributed by atoms with Gasteiger partial charge in [0.2, 0.25) is 0 Å². The molecule has 0 amide bonds. The molecule has 9 heteroatoms. The molecule has 0 saturated carbocycles. The summed E-state index contributed by atoms with van der Waals surface area (Å²) in [5.41, 5.74) is 3.19. The number of nitrogens with one attached hydrogen (secondary N) is 1. The molecule has 110 valence electrons. The van der Waals surface area contributed by atoms with Gasteiger partial charge in [-0.2, -0.15) is 5.10 Å². The molecule has 2 rings (SSSR count). The lowest BCUT2D eigenvalue weighted by Gasteiger charge is -2.06. The van der Waals surface area contributed by atoms with E-state index in [-0.39, 0.29) is 5.69 Å². The van der Waals surface area contributed by atoms with Gasteiger partial charge in [-0.3, -0.25) is 15.5 Å². The van der Waals surface area contributed by atoms with E-state index < -0.39 is 4.92 Å². The molecule has 0 aliphatic rings. The Morgan fingerprint density at radius 3 is 2.43 bits per heavy atom. The molecule has 0 bridgehead atoms. The zero-order valence-corrected chi connectivity index (χ0v) is 13.6. The molecular weight excluding hydrogens is 357 g/mol. The summed E-state index contributed by atoms with van der Waals surface area (Å²) >= 11 is 19.1. The van der Waals surface area contributed by atoms with E-state index in [1.165, 1.54) is 35.8 Å². The average Bonchev–Trinajstić information content (AvgIpc) is 2.74. The molecule has 1 N–H and O–H groups in total. The normalized spacial score (nSPS) is 11.0. The van der Waals surface area contributed by atoms with E-state index >= 15 is 0 Å². The summed E-state index contributed by atoms with van der Waals surface area (Å²) in [6.45, 7) is 1.68. The molecule has 0 aliphatic carbocycles. The van der Waals surface area contributed by atoms with Crippen LogP contribution in [0.3, 0.4) is 0 Å². The van der Waals surface area contributed by atoms with Gasteiger partial charge in [0.1, 0.15) is 0 Å². The minimum Gasteiger partial charge on any atom is -0.275 e. The Hall–Kier alpha value is -1.34. The first-order chi connectivity index (χ1) is 9.88. The van der Waals surface area contributed by atoms with Crippen LogP contribution in [0.1, 0.15) is 9.75 Å². The van der Waals surface area contributed by atoms with Gasteiger partial charge in [0, 0.05) is 11.1 Å². The maximum Gasteiger partial charge on any atom is 0.283 e. The molecule has 21 heavy (non-hydrogen) atoms. The molecule has 0 saturated heterocycles. The highest BCUT2D eigenvalue weighted by Gasteiger charge is 2.14.